The number of anilines is 2. The van der Waals surface area contributed by atoms with Crippen molar-refractivity contribution in [3.63, 3.8) is 0 Å². The van der Waals surface area contributed by atoms with E-state index in [1.165, 1.54) is 12.5 Å². The van der Waals surface area contributed by atoms with Crippen LogP contribution in [0, 0.1) is 0 Å². The molecule has 3 aromatic rings. The van der Waals surface area contributed by atoms with E-state index in [9.17, 15) is 14.7 Å². The van der Waals surface area contributed by atoms with Gasteiger partial charge in [0.05, 0.1) is 11.8 Å². The van der Waals surface area contributed by atoms with Crippen LogP contribution in [0.2, 0.25) is 0 Å². The molecule has 0 aliphatic carbocycles. The van der Waals surface area contributed by atoms with Crippen molar-refractivity contribution in [3.8, 4) is 0 Å². The quantitative estimate of drug-likeness (QED) is 0.667. The van der Waals surface area contributed by atoms with Crippen LogP contribution in [0.4, 0.5) is 11.4 Å². The maximum atomic E-state index is 12.2. The summed E-state index contributed by atoms with van der Waals surface area (Å²) < 4.78 is 4.87. The Bertz CT molecular complexity index is 860. The van der Waals surface area contributed by atoms with Crippen molar-refractivity contribution in [3.05, 3.63) is 84.3 Å². The van der Waals surface area contributed by atoms with Crippen LogP contribution in [0.3, 0.4) is 0 Å². The van der Waals surface area contributed by atoms with Gasteiger partial charge >= 0.3 is 0 Å². The first-order valence-corrected chi connectivity index (χ1v) is 7.61. The molecule has 2 amide bonds. The summed E-state index contributed by atoms with van der Waals surface area (Å²) in [5.41, 5.74) is 1.88. The molecule has 0 radical (unpaired) electrons. The predicted molar refractivity (Wildman–Crippen MR) is 93.1 cm³/mol. The Morgan fingerprint density at radius 2 is 1.64 bits per heavy atom. The van der Waals surface area contributed by atoms with Gasteiger partial charge in [-0.15, -0.1) is 0 Å². The maximum Gasteiger partial charge on any atom is 0.258 e. The molecule has 2 aromatic carbocycles. The summed E-state index contributed by atoms with van der Waals surface area (Å²) in [7, 11) is 0. The van der Waals surface area contributed by atoms with Gasteiger partial charge in [0.1, 0.15) is 6.26 Å². The first-order chi connectivity index (χ1) is 12.1. The minimum absolute atomic E-state index is 0.318. The topological polar surface area (TPSA) is 91.6 Å². The molecular weight excluding hydrogens is 320 g/mol. The molecule has 0 aliphatic heterocycles. The Labute approximate surface area is 144 Å². The normalized spacial score (nSPS) is 11.6. The Balaban J connectivity index is 1.67. The van der Waals surface area contributed by atoms with Gasteiger partial charge in [0.15, 0.2) is 6.10 Å². The van der Waals surface area contributed by atoms with Crippen LogP contribution in [0.5, 0.6) is 0 Å². The standard InChI is InChI=1S/C19H16N2O4/c22-17(13-5-2-1-3-6-13)19(24)21-16-8-4-7-15(11-16)20-18(23)14-9-10-25-12-14/h1-12,17,22H,(H,20,23)(H,21,24). The van der Waals surface area contributed by atoms with E-state index in [1.807, 2.05) is 0 Å². The van der Waals surface area contributed by atoms with Gasteiger partial charge in [-0.05, 0) is 29.8 Å². The Kier molecular flexibility index (Phi) is 4.92. The Morgan fingerprint density at radius 1 is 0.920 bits per heavy atom. The SMILES string of the molecule is O=C(Nc1cccc(NC(=O)C(O)c2ccccc2)c1)c1ccoc1. The summed E-state index contributed by atoms with van der Waals surface area (Å²) in [6, 6.07) is 16.9. The monoisotopic (exact) mass is 336 g/mol. The van der Waals surface area contributed by atoms with E-state index >= 15 is 0 Å². The van der Waals surface area contributed by atoms with Crippen LogP contribution < -0.4 is 10.6 Å². The molecular formula is C19H16N2O4. The molecule has 0 saturated heterocycles. The highest BCUT2D eigenvalue weighted by molar-refractivity contribution is 6.04. The van der Waals surface area contributed by atoms with Crippen LogP contribution in [0.25, 0.3) is 0 Å². The summed E-state index contributed by atoms with van der Waals surface area (Å²) in [6.07, 6.45) is 1.48. The number of furan rings is 1. The number of amides is 2. The third-order valence-electron chi connectivity index (χ3n) is 3.54. The summed E-state index contributed by atoms with van der Waals surface area (Å²) in [4.78, 5) is 24.2. The summed E-state index contributed by atoms with van der Waals surface area (Å²) >= 11 is 0. The van der Waals surface area contributed by atoms with Gasteiger partial charge in [0, 0.05) is 11.4 Å². The lowest BCUT2D eigenvalue weighted by atomic mass is 10.1. The first kappa shape index (κ1) is 16.5. The first-order valence-electron chi connectivity index (χ1n) is 7.61. The van der Waals surface area contributed by atoms with Gasteiger partial charge in [0.2, 0.25) is 0 Å². The number of rotatable bonds is 5. The Hall–Kier alpha value is -3.38. The lowest BCUT2D eigenvalue weighted by Gasteiger charge is -2.12. The average Bonchev–Trinajstić information content (AvgIpc) is 3.17. The van der Waals surface area contributed by atoms with Gasteiger partial charge in [0.25, 0.3) is 11.8 Å². The summed E-state index contributed by atoms with van der Waals surface area (Å²) in [5, 5.41) is 15.4. The van der Waals surface area contributed by atoms with Crippen LogP contribution in [0.1, 0.15) is 22.0 Å². The van der Waals surface area contributed by atoms with E-state index in [1.54, 1.807) is 60.7 Å². The number of carbonyl (C=O) groups excluding carboxylic acids is 2. The molecule has 0 saturated carbocycles. The van der Waals surface area contributed by atoms with Gasteiger partial charge < -0.3 is 20.2 Å². The van der Waals surface area contributed by atoms with E-state index in [4.69, 9.17) is 4.42 Å². The molecule has 6 nitrogen and oxygen atoms in total. The van der Waals surface area contributed by atoms with Gasteiger partial charge in [-0.2, -0.15) is 0 Å². The van der Waals surface area contributed by atoms with E-state index in [2.05, 4.69) is 10.6 Å². The van der Waals surface area contributed by atoms with E-state index in [0.717, 1.165) is 0 Å². The number of carbonyl (C=O) groups is 2. The van der Waals surface area contributed by atoms with Crippen molar-refractivity contribution in [2.75, 3.05) is 10.6 Å². The molecule has 126 valence electrons. The highest BCUT2D eigenvalue weighted by Crippen LogP contribution is 2.19. The number of benzene rings is 2. The van der Waals surface area contributed by atoms with Crippen molar-refractivity contribution in [1.29, 1.82) is 0 Å². The van der Waals surface area contributed by atoms with Crippen LogP contribution in [0.15, 0.2) is 77.6 Å². The molecule has 3 rings (SSSR count). The molecule has 6 heteroatoms. The van der Waals surface area contributed by atoms with E-state index in [-0.39, 0.29) is 5.91 Å². The zero-order valence-corrected chi connectivity index (χ0v) is 13.2. The van der Waals surface area contributed by atoms with Crippen LogP contribution in [-0.4, -0.2) is 16.9 Å². The lowest BCUT2D eigenvalue weighted by molar-refractivity contribution is -0.124. The van der Waals surface area contributed by atoms with E-state index < -0.39 is 12.0 Å². The summed E-state index contributed by atoms with van der Waals surface area (Å²) in [6.45, 7) is 0. The molecule has 3 N–H and O–H groups in total. The van der Waals surface area contributed by atoms with Crippen molar-refractivity contribution >= 4 is 23.2 Å². The van der Waals surface area contributed by atoms with Crippen LogP contribution in [-0.2, 0) is 4.79 Å². The number of hydrogen-bond acceptors (Lipinski definition) is 4. The maximum absolute atomic E-state index is 12.2. The molecule has 1 unspecified atom stereocenters. The fraction of sp³-hybridized carbons (Fsp3) is 0.0526. The number of aliphatic hydroxyl groups excluding tert-OH is 1. The van der Waals surface area contributed by atoms with Crippen molar-refractivity contribution in [2.45, 2.75) is 6.10 Å². The summed E-state index contributed by atoms with van der Waals surface area (Å²) in [5.74, 6) is -0.869. The average molecular weight is 336 g/mol. The van der Waals surface area contributed by atoms with Crippen molar-refractivity contribution in [1.82, 2.24) is 0 Å². The third-order valence-corrected chi connectivity index (χ3v) is 3.54. The fourth-order valence-electron chi connectivity index (χ4n) is 2.27. The number of hydrogen-bond donors (Lipinski definition) is 3. The van der Waals surface area contributed by atoms with Crippen molar-refractivity contribution in [2.24, 2.45) is 0 Å². The second kappa shape index (κ2) is 7.46. The predicted octanol–water partition coefficient (Wildman–Crippen LogP) is 3.20. The zero-order valence-electron chi connectivity index (χ0n) is 13.2. The second-order valence-corrected chi connectivity index (χ2v) is 5.35. The zero-order chi connectivity index (χ0) is 17.6. The number of aliphatic hydroxyl groups is 1. The lowest BCUT2D eigenvalue weighted by Crippen LogP contribution is -2.20. The number of nitrogens with one attached hydrogen (secondary N) is 2. The molecule has 25 heavy (non-hydrogen) atoms. The van der Waals surface area contributed by atoms with E-state index in [0.29, 0.717) is 22.5 Å². The van der Waals surface area contributed by atoms with Crippen molar-refractivity contribution < 1.29 is 19.1 Å². The minimum atomic E-state index is -1.27. The fourth-order valence-corrected chi connectivity index (χ4v) is 2.27. The molecule has 0 fully saturated rings. The smallest absolute Gasteiger partial charge is 0.258 e. The highest BCUT2D eigenvalue weighted by atomic mass is 16.3. The van der Waals surface area contributed by atoms with Gasteiger partial charge in [-0.3, -0.25) is 9.59 Å². The van der Waals surface area contributed by atoms with Gasteiger partial charge in [-0.25, -0.2) is 0 Å². The Morgan fingerprint density at radius 3 is 2.32 bits per heavy atom. The molecule has 0 aliphatic rings. The molecule has 1 atom stereocenters. The second-order valence-electron chi connectivity index (χ2n) is 5.35. The molecule has 0 spiro atoms. The highest BCUT2D eigenvalue weighted by Gasteiger charge is 2.17. The minimum Gasteiger partial charge on any atom is -0.472 e. The largest absolute Gasteiger partial charge is 0.472 e. The molecule has 1 aromatic heterocycles. The molecule has 1 heterocycles. The third kappa shape index (κ3) is 4.13. The molecule has 0 bridgehead atoms. The van der Waals surface area contributed by atoms with Gasteiger partial charge in [-0.1, -0.05) is 36.4 Å². The van der Waals surface area contributed by atoms with Crippen LogP contribution >= 0.6 is 0 Å².